The van der Waals surface area contributed by atoms with Crippen LogP contribution in [0.1, 0.15) is 53.1 Å². The standard InChI is InChI=1S/C20H20F2N6O/c1-12-6-4-8-27(19(29)17-13(2)5-3-7-23-17)10-14(12)16-9-15(18(21)22)26-20-24-11-25-28(16)20/h3,5-7,9,11,14,18H,4,8,10H2,1-2H3/t14-/m1/s1. The third-order valence-corrected chi connectivity index (χ3v) is 5.20. The first-order valence-corrected chi connectivity index (χ1v) is 9.32. The highest BCUT2D eigenvalue weighted by Gasteiger charge is 2.29. The summed E-state index contributed by atoms with van der Waals surface area (Å²) >= 11 is 0. The van der Waals surface area contributed by atoms with Gasteiger partial charge in [-0.2, -0.15) is 10.1 Å². The number of pyridine rings is 1. The zero-order valence-electron chi connectivity index (χ0n) is 16.1. The number of hydrogen-bond acceptors (Lipinski definition) is 5. The van der Waals surface area contributed by atoms with Crippen molar-refractivity contribution in [2.24, 2.45) is 0 Å². The Balaban J connectivity index is 1.75. The van der Waals surface area contributed by atoms with Crippen LogP contribution in [0.25, 0.3) is 5.78 Å². The minimum atomic E-state index is -2.72. The van der Waals surface area contributed by atoms with Gasteiger partial charge < -0.3 is 4.90 Å². The van der Waals surface area contributed by atoms with Gasteiger partial charge in [-0.25, -0.2) is 18.3 Å². The van der Waals surface area contributed by atoms with Crippen molar-refractivity contribution >= 4 is 11.7 Å². The van der Waals surface area contributed by atoms with Gasteiger partial charge in [0.05, 0.1) is 5.69 Å². The number of halogens is 2. The molecule has 0 saturated carbocycles. The molecule has 3 aromatic heterocycles. The highest BCUT2D eigenvalue weighted by molar-refractivity contribution is 5.93. The summed E-state index contributed by atoms with van der Waals surface area (Å²) < 4.78 is 28.2. The fraction of sp³-hybridized carbons (Fsp3) is 0.350. The van der Waals surface area contributed by atoms with Crippen LogP contribution in [-0.4, -0.2) is 48.5 Å². The Hall–Kier alpha value is -3.23. The van der Waals surface area contributed by atoms with Gasteiger partial charge in [0.25, 0.3) is 18.1 Å². The lowest BCUT2D eigenvalue weighted by Gasteiger charge is -2.26. The Labute approximate surface area is 166 Å². The van der Waals surface area contributed by atoms with E-state index >= 15 is 0 Å². The summed E-state index contributed by atoms with van der Waals surface area (Å²) in [7, 11) is 0. The second kappa shape index (κ2) is 7.65. The lowest BCUT2D eigenvalue weighted by atomic mass is 9.95. The number of hydrogen-bond donors (Lipinski definition) is 0. The van der Waals surface area contributed by atoms with Crippen LogP contribution in [-0.2, 0) is 0 Å². The summed E-state index contributed by atoms with van der Waals surface area (Å²) in [6.07, 6.45) is 2.87. The molecule has 0 bridgehead atoms. The zero-order valence-corrected chi connectivity index (χ0v) is 16.1. The number of fused-ring (bicyclic) bond motifs is 1. The molecule has 1 aliphatic heterocycles. The summed E-state index contributed by atoms with van der Waals surface area (Å²) in [5.41, 5.74) is 2.37. The monoisotopic (exact) mass is 398 g/mol. The molecule has 0 fully saturated rings. The Morgan fingerprint density at radius 1 is 1.28 bits per heavy atom. The Kier molecular flexibility index (Phi) is 5.04. The van der Waals surface area contributed by atoms with Crippen molar-refractivity contribution in [3.8, 4) is 0 Å². The number of carbonyl (C=O) groups is 1. The SMILES string of the molecule is CC1=CCCN(C(=O)c2ncccc2C)C[C@H]1c1cc(C(F)F)nc2ncnn12. The quantitative estimate of drug-likeness (QED) is 0.633. The van der Waals surface area contributed by atoms with E-state index in [9.17, 15) is 13.6 Å². The number of nitrogens with zero attached hydrogens (tertiary/aromatic N) is 6. The molecule has 0 aromatic carbocycles. The van der Waals surface area contributed by atoms with Gasteiger partial charge in [0.2, 0.25) is 0 Å². The minimum Gasteiger partial charge on any atom is -0.336 e. The van der Waals surface area contributed by atoms with Gasteiger partial charge in [0.1, 0.15) is 17.7 Å². The van der Waals surface area contributed by atoms with E-state index in [1.807, 2.05) is 26.0 Å². The van der Waals surface area contributed by atoms with E-state index < -0.39 is 6.43 Å². The average molecular weight is 398 g/mol. The molecule has 1 amide bonds. The highest BCUT2D eigenvalue weighted by Crippen LogP contribution is 2.31. The smallest absolute Gasteiger partial charge is 0.280 e. The molecule has 150 valence electrons. The maximum Gasteiger partial charge on any atom is 0.280 e. The summed E-state index contributed by atoms with van der Waals surface area (Å²) in [6, 6.07) is 4.98. The normalized spacial score (nSPS) is 17.5. The van der Waals surface area contributed by atoms with Crippen LogP contribution in [0.2, 0.25) is 0 Å². The molecule has 0 radical (unpaired) electrons. The van der Waals surface area contributed by atoms with Crippen LogP contribution in [0, 0.1) is 6.92 Å². The summed E-state index contributed by atoms with van der Waals surface area (Å²) in [6.45, 7) is 4.64. The molecule has 0 spiro atoms. The van der Waals surface area contributed by atoms with Gasteiger partial charge in [0.15, 0.2) is 0 Å². The molecular weight excluding hydrogens is 378 g/mol. The maximum atomic E-state index is 13.4. The second-order valence-electron chi connectivity index (χ2n) is 7.09. The molecular formula is C20H20F2N6O. The molecule has 1 atom stereocenters. The lowest BCUT2D eigenvalue weighted by Crippen LogP contribution is -2.36. The van der Waals surface area contributed by atoms with E-state index in [1.165, 1.54) is 16.9 Å². The Bertz CT molecular complexity index is 1090. The first kappa shape index (κ1) is 19.1. The molecule has 0 N–H and O–H groups in total. The molecule has 29 heavy (non-hydrogen) atoms. The van der Waals surface area contributed by atoms with Crippen molar-refractivity contribution in [1.29, 1.82) is 0 Å². The number of aryl methyl sites for hydroxylation is 1. The van der Waals surface area contributed by atoms with E-state index in [-0.39, 0.29) is 23.3 Å². The van der Waals surface area contributed by atoms with Crippen molar-refractivity contribution < 1.29 is 13.6 Å². The van der Waals surface area contributed by atoms with Crippen LogP contribution in [0.4, 0.5) is 8.78 Å². The number of aromatic nitrogens is 5. The second-order valence-corrected chi connectivity index (χ2v) is 7.09. The van der Waals surface area contributed by atoms with Crippen LogP contribution in [0.15, 0.2) is 42.4 Å². The predicted molar refractivity (Wildman–Crippen MR) is 102 cm³/mol. The third-order valence-electron chi connectivity index (χ3n) is 5.20. The molecule has 0 aliphatic carbocycles. The highest BCUT2D eigenvalue weighted by atomic mass is 19.3. The largest absolute Gasteiger partial charge is 0.336 e. The van der Waals surface area contributed by atoms with E-state index in [2.05, 4.69) is 20.1 Å². The summed E-state index contributed by atoms with van der Waals surface area (Å²) in [4.78, 5) is 26.9. The number of alkyl halides is 2. The Morgan fingerprint density at radius 3 is 2.86 bits per heavy atom. The molecule has 0 unspecified atom stereocenters. The topological polar surface area (TPSA) is 76.3 Å². The fourth-order valence-corrected chi connectivity index (χ4v) is 3.63. The van der Waals surface area contributed by atoms with Crippen LogP contribution >= 0.6 is 0 Å². The van der Waals surface area contributed by atoms with E-state index in [0.29, 0.717) is 30.9 Å². The number of rotatable bonds is 3. The van der Waals surface area contributed by atoms with Gasteiger partial charge in [-0.15, -0.1) is 0 Å². The van der Waals surface area contributed by atoms with Crippen molar-refractivity contribution in [3.05, 3.63) is 65.0 Å². The van der Waals surface area contributed by atoms with Gasteiger partial charge in [-0.3, -0.25) is 9.78 Å². The molecule has 1 aliphatic rings. The fourth-order valence-electron chi connectivity index (χ4n) is 3.63. The van der Waals surface area contributed by atoms with Crippen molar-refractivity contribution in [2.45, 2.75) is 32.6 Å². The maximum absolute atomic E-state index is 13.4. The van der Waals surface area contributed by atoms with Crippen LogP contribution in [0.3, 0.4) is 0 Å². The number of amides is 1. The lowest BCUT2D eigenvalue weighted by molar-refractivity contribution is 0.0749. The minimum absolute atomic E-state index is 0.119. The molecule has 4 heterocycles. The first-order valence-electron chi connectivity index (χ1n) is 9.32. The van der Waals surface area contributed by atoms with E-state index in [1.54, 1.807) is 17.2 Å². The van der Waals surface area contributed by atoms with Crippen LogP contribution < -0.4 is 0 Å². The Morgan fingerprint density at radius 2 is 2.10 bits per heavy atom. The van der Waals surface area contributed by atoms with Gasteiger partial charge in [-0.05, 0) is 38.0 Å². The van der Waals surface area contributed by atoms with Crippen molar-refractivity contribution in [3.63, 3.8) is 0 Å². The van der Waals surface area contributed by atoms with E-state index in [4.69, 9.17) is 0 Å². The first-order chi connectivity index (χ1) is 14.0. The van der Waals surface area contributed by atoms with Gasteiger partial charge >= 0.3 is 0 Å². The molecule has 3 aromatic rings. The van der Waals surface area contributed by atoms with Crippen LogP contribution in [0.5, 0.6) is 0 Å². The average Bonchev–Trinajstić information content (AvgIpc) is 3.10. The summed E-state index contributed by atoms with van der Waals surface area (Å²) in [5.74, 6) is -0.363. The predicted octanol–water partition coefficient (Wildman–Crippen LogP) is 3.34. The molecule has 0 saturated heterocycles. The zero-order chi connectivity index (χ0) is 20.5. The van der Waals surface area contributed by atoms with Gasteiger partial charge in [0, 0.05) is 25.2 Å². The summed E-state index contributed by atoms with van der Waals surface area (Å²) in [5, 5.41) is 4.16. The van der Waals surface area contributed by atoms with E-state index in [0.717, 1.165) is 11.1 Å². The van der Waals surface area contributed by atoms with Gasteiger partial charge in [-0.1, -0.05) is 17.7 Å². The number of carbonyl (C=O) groups excluding carboxylic acids is 1. The van der Waals surface area contributed by atoms with Crippen molar-refractivity contribution in [1.82, 2.24) is 29.5 Å². The molecule has 9 heteroatoms. The van der Waals surface area contributed by atoms with Crippen molar-refractivity contribution in [2.75, 3.05) is 13.1 Å². The third kappa shape index (κ3) is 3.59. The molecule has 7 nitrogen and oxygen atoms in total. The molecule has 4 rings (SSSR count).